The van der Waals surface area contributed by atoms with Crippen molar-refractivity contribution < 1.29 is 18.4 Å². The number of nitrogens with one attached hydrogen (secondary N) is 1. The fourth-order valence-corrected chi connectivity index (χ4v) is 2.63. The molecule has 3 aromatic rings. The molecular formula is C21H18F2N4O2. The Morgan fingerprint density at radius 2 is 1.79 bits per heavy atom. The Balaban J connectivity index is 1.67. The van der Waals surface area contributed by atoms with E-state index in [1.807, 2.05) is 12.1 Å². The highest BCUT2D eigenvalue weighted by Gasteiger charge is 2.16. The number of amides is 2. The number of rotatable bonds is 6. The van der Waals surface area contributed by atoms with Crippen LogP contribution in [0.15, 0.2) is 61.1 Å². The van der Waals surface area contributed by atoms with Gasteiger partial charge in [0.15, 0.2) is 0 Å². The molecule has 2 amide bonds. The van der Waals surface area contributed by atoms with E-state index in [0.29, 0.717) is 19.0 Å². The van der Waals surface area contributed by atoms with Gasteiger partial charge in [0.1, 0.15) is 17.3 Å². The Morgan fingerprint density at radius 3 is 2.52 bits per heavy atom. The summed E-state index contributed by atoms with van der Waals surface area (Å²) < 4.78 is 26.7. The number of aromatic nitrogens is 2. The Bertz CT molecular complexity index is 1030. The average molecular weight is 396 g/mol. The van der Waals surface area contributed by atoms with E-state index in [-0.39, 0.29) is 22.9 Å². The lowest BCUT2D eigenvalue weighted by molar-refractivity contribution is 0.0796. The molecule has 0 unspecified atom stereocenters. The van der Waals surface area contributed by atoms with Crippen molar-refractivity contribution in [1.82, 2.24) is 14.9 Å². The Kier molecular flexibility index (Phi) is 6.23. The molecule has 0 aliphatic carbocycles. The van der Waals surface area contributed by atoms with Gasteiger partial charge in [-0.15, -0.1) is 0 Å². The predicted molar refractivity (Wildman–Crippen MR) is 103 cm³/mol. The first-order chi connectivity index (χ1) is 13.9. The van der Waals surface area contributed by atoms with Gasteiger partial charge in [-0.05, 0) is 48.4 Å². The molecule has 0 saturated carbocycles. The Hall–Kier alpha value is -3.68. The van der Waals surface area contributed by atoms with E-state index in [1.54, 1.807) is 19.4 Å². The average Bonchev–Trinajstić information content (AvgIpc) is 2.74. The topological polar surface area (TPSA) is 75.2 Å². The third-order valence-electron chi connectivity index (χ3n) is 4.25. The van der Waals surface area contributed by atoms with Crippen LogP contribution in [0.3, 0.4) is 0 Å². The molecule has 6 nitrogen and oxygen atoms in total. The third-order valence-corrected chi connectivity index (χ3v) is 4.25. The minimum atomic E-state index is -0.901. The Labute approximate surface area is 166 Å². The molecule has 0 radical (unpaired) electrons. The van der Waals surface area contributed by atoms with Gasteiger partial charge in [0.2, 0.25) is 0 Å². The molecule has 2 aromatic heterocycles. The second-order valence-electron chi connectivity index (χ2n) is 6.34. The minimum Gasteiger partial charge on any atom is -0.341 e. The number of hydrogen-bond donors (Lipinski definition) is 1. The smallest absolute Gasteiger partial charge is 0.274 e. The van der Waals surface area contributed by atoms with Crippen molar-refractivity contribution in [3.8, 4) is 0 Å². The number of halogens is 2. The van der Waals surface area contributed by atoms with Crippen LogP contribution in [0.4, 0.5) is 14.5 Å². The summed E-state index contributed by atoms with van der Waals surface area (Å²) in [5.41, 5.74) is 1.10. The molecule has 1 aromatic carbocycles. The van der Waals surface area contributed by atoms with Gasteiger partial charge in [-0.25, -0.2) is 8.78 Å². The quantitative estimate of drug-likeness (QED) is 0.694. The van der Waals surface area contributed by atoms with Gasteiger partial charge in [0.25, 0.3) is 11.8 Å². The number of likely N-dealkylation sites (N-methyl/N-ethyl adjacent to an activating group) is 1. The number of carbonyl (C=O) groups excluding carboxylic acids is 2. The monoisotopic (exact) mass is 396 g/mol. The van der Waals surface area contributed by atoms with Crippen molar-refractivity contribution >= 4 is 17.5 Å². The summed E-state index contributed by atoms with van der Waals surface area (Å²) in [7, 11) is 1.66. The SMILES string of the molecule is CN(CCc1ccncc1)C(=O)c1ccnc(C(=O)Nc2ccc(F)cc2F)c1. The van der Waals surface area contributed by atoms with Crippen molar-refractivity contribution in [2.75, 3.05) is 18.9 Å². The maximum Gasteiger partial charge on any atom is 0.274 e. The molecule has 0 atom stereocenters. The summed E-state index contributed by atoms with van der Waals surface area (Å²) in [5, 5.41) is 2.32. The summed E-state index contributed by atoms with van der Waals surface area (Å²) >= 11 is 0. The maximum absolute atomic E-state index is 13.7. The first-order valence-corrected chi connectivity index (χ1v) is 8.81. The number of benzene rings is 1. The van der Waals surface area contributed by atoms with Crippen molar-refractivity contribution in [3.63, 3.8) is 0 Å². The maximum atomic E-state index is 13.7. The van der Waals surface area contributed by atoms with E-state index < -0.39 is 17.5 Å². The summed E-state index contributed by atoms with van der Waals surface area (Å²) in [6, 6.07) is 9.40. The second kappa shape index (κ2) is 9.01. The summed E-state index contributed by atoms with van der Waals surface area (Å²) in [6.45, 7) is 0.480. The molecule has 0 spiro atoms. The van der Waals surface area contributed by atoms with E-state index in [0.717, 1.165) is 17.7 Å². The van der Waals surface area contributed by atoms with E-state index in [9.17, 15) is 18.4 Å². The van der Waals surface area contributed by atoms with Crippen LogP contribution in [0.25, 0.3) is 0 Å². The predicted octanol–water partition coefficient (Wildman–Crippen LogP) is 3.32. The van der Waals surface area contributed by atoms with Crippen molar-refractivity contribution in [1.29, 1.82) is 0 Å². The van der Waals surface area contributed by atoms with Crippen LogP contribution in [-0.2, 0) is 6.42 Å². The van der Waals surface area contributed by atoms with E-state index in [2.05, 4.69) is 15.3 Å². The zero-order chi connectivity index (χ0) is 20.8. The fraction of sp³-hybridized carbons (Fsp3) is 0.143. The van der Waals surface area contributed by atoms with Crippen LogP contribution in [0, 0.1) is 11.6 Å². The first kappa shape index (κ1) is 20.1. The van der Waals surface area contributed by atoms with Crippen LogP contribution in [0.2, 0.25) is 0 Å². The minimum absolute atomic E-state index is 0.0536. The normalized spacial score (nSPS) is 10.4. The molecule has 0 fully saturated rings. The van der Waals surface area contributed by atoms with Crippen LogP contribution >= 0.6 is 0 Å². The van der Waals surface area contributed by atoms with Crippen LogP contribution < -0.4 is 5.32 Å². The lowest BCUT2D eigenvalue weighted by Crippen LogP contribution is -2.29. The van der Waals surface area contributed by atoms with Crippen LogP contribution in [-0.4, -0.2) is 40.3 Å². The molecule has 0 aliphatic heterocycles. The van der Waals surface area contributed by atoms with Gasteiger partial charge in [0.05, 0.1) is 5.69 Å². The van der Waals surface area contributed by atoms with Gasteiger partial charge in [-0.1, -0.05) is 0 Å². The number of pyridine rings is 2. The molecule has 8 heteroatoms. The second-order valence-corrected chi connectivity index (χ2v) is 6.34. The molecule has 1 N–H and O–H groups in total. The van der Waals surface area contributed by atoms with E-state index >= 15 is 0 Å². The van der Waals surface area contributed by atoms with Crippen molar-refractivity contribution in [3.05, 3.63) is 89.5 Å². The number of anilines is 1. The molecule has 0 aliphatic rings. The van der Waals surface area contributed by atoms with Crippen molar-refractivity contribution in [2.24, 2.45) is 0 Å². The Morgan fingerprint density at radius 1 is 1.03 bits per heavy atom. The number of nitrogens with zero attached hydrogens (tertiary/aromatic N) is 3. The first-order valence-electron chi connectivity index (χ1n) is 8.81. The third kappa shape index (κ3) is 5.19. The van der Waals surface area contributed by atoms with E-state index in [1.165, 1.54) is 23.2 Å². The molecule has 148 valence electrons. The highest BCUT2D eigenvalue weighted by molar-refractivity contribution is 6.04. The number of carbonyl (C=O) groups is 2. The largest absolute Gasteiger partial charge is 0.341 e. The van der Waals surface area contributed by atoms with Gasteiger partial charge in [-0.3, -0.25) is 19.6 Å². The zero-order valence-corrected chi connectivity index (χ0v) is 15.6. The summed E-state index contributed by atoms with van der Waals surface area (Å²) in [5.74, 6) is -2.63. The number of hydrogen-bond acceptors (Lipinski definition) is 4. The standard InChI is InChI=1S/C21H18F2N4O2/c1-27(11-7-14-4-8-24-9-5-14)21(29)15-6-10-25-19(12-15)20(28)26-18-3-2-16(22)13-17(18)23/h2-6,8-10,12-13H,7,11H2,1H3,(H,26,28). The zero-order valence-electron chi connectivity index (χ0n) is 15.6. The van der Waals surface area contributed by atoms with Crippen molar-refractivity contribution in [2.45, 2.75) is 6.42 Å². The molecule has 3 rings (SSSR count). The van der Waals surface area contributed by atoms with Gasteiger partial charge >= 0.3 is 0 Å². The molecular weight excluding hydrogens is 378 g/mol. The molecule has 0 bridgehead atoms. The van der Waals surface area contributed by atoms with Gasteiger partial charge in [-0.2, -0.15) is 0 Å². The molecule has 2 heterocycles. The molecule has 0 saturated heterocycles. The summed E-state index contributed by atoms with van der Waals surface area (Å²) in [6.07, 6.45) is 5.37. The lowest BCUT2D eigenvalue weighted by atomic mass is 10.1. The van der Waals surface area contributed by atoms with E-state index in [4.69, 9.17) is 0 Å². The fourth-order valence-electron chi connectivity index (χ4n) is 2.63. The van der Waals surface area contributed by atoms with Gasteiger partial charge < -0.3 is 10.2 Å². The van der Waals surface area contributed by atoms with Crippen LogP contribution in [0.1, 0.15) is 26.4 Å². The summed E-state index contributed by atoms with van der Waals surface area (Å²) in [4.78, 5) is 34.4. The molecule has 29 heavy (non-hydrogen) atoms. The van der Waals surface area contributed by atoms with Crippen LogP contribution in [0.5, 0.6) is 0 Å². The highest BCUT2D eigenvalue weighted by atomic mass is 19.1. The highest BCUT2D eigenvalue weighted by Crippen LogP contribution is 2.16. The lowest BCUT2D eigenvalue weighted by Gasteiger charge is -2.17. The van der Waals surface area contributed by atoms with Gasteiger partial charge in [0, 0.05) is 43.8 Å².